The number of carbonyl (C=O) groups is 1. The number of amides is 1. The molecular formula is C22H17N3O4S. The predicted octanol–water partition coefficient (Wildman–Crippen LogP) is 4.02. The average molecular weight is 419 g/mol. The second kappa shape index (κ2) is 6.77. The Balaban J connectivity index is 1.81. The van der Waals surface area contributed by atoms with Gasteiger partial charge in [0.1, 0.15) is 16.8 Å². The van der Waals surface area contributed by atoms with Crippen LogP contribution in [0.2, 0.25) is 0 Å². The van der Waals surface area contributed by atoms with Gasteiger partial charge in [-0.05, 0) is 54.8 Å². The minimum Gasteiger partial charge on any atom is -0.497 e. The molecule has 2 aromatic carbocycles. The number of hydrogen-bond donors (Lipinski definition) is 0. The minimum absolute atomic E-state index is 0.0479. The van der Waals surface area contributed by atoms with Gasteiger partial charge in [-0.1, -0.05) is 23.5 Å². The lowest BCUT2D eigenvalue weighted by Crippen LogP contribution is -2.29. The van der Waals surface area contributed by atoms with E-state index >= 15 is 0 Å². The first-order chi connectivity index (χ1) is 14.5. The van der Waals surface area contributed by atoms with E-state index in [4.69, 9.17) is 9.15 Å². The number of aromatic nitrogens is 2. The van der Waals surface area contributed by atoms with Gasteiger partial charge < -0.3 is 9.15 Å². The molecule has 30 heavy (non-hydrogen) atoms. The summed E-state index contributed by atoms with van der Waals surface area (Å²) in [4.78, 5) is 28.4. The highest BCUT2D eigenvalue weighted by molar-refractivity contribution is 7.13. The van der Waals surface area contributed by atoms with Crippen molar-refractivity contribution in [2.75, 3.05) is 12.0 Å². The quantitative estimate of drug-likeness (QED) is 0.499. The number of ether oxygens (including phenoxy) is 1. The van der Waals surface area contributed by atoms with Gasteiger partial charge >= 0.3 is 0 Å². The molecule has 4 aromatic rings. The Kier molecular flexibility index (Phi) is 4.18. The molecular weight excluding hydrogens is 402 g/mol. The molecule has 1 atom stereocenters. The van der Waals surface area contributed by atoms with Crippen molar-refractivity contribution in [1.82, 2.24) is 10.2 Å². The molecule has 0 radical (unpaired) electrons. The Morgan fingerprint density at radius 2 is 1.83 bits per heavy atom. The zero-order valence-electron chi connectivity index (χ0n) is 16.5. The fourth-order valence-corrected chi connectivity index (χ4v) is 4.38. The van der Waals surface area contributed by atoms with Crippen LogP contribution in [-0.2, 0) is 0 Å². The Bertz CT molecular complexity index is 1340. The summed E-state index contributed by atoms with van der Waals surface area (Å²) in [5, 5.41) is 8.81. The molecule has 2 aromatic heterocycles. The van der Waals surface area contributed by atoms with Crippen LogP contribution in [0, 0.1) is 13.8 Å². The second-order valence-corrected chi connectivity index (χ2v) is 7.99. The van der Waals surface area contributed by atoms with Crippen molar-refractivity contribution < 1.29 is 13.9 Å². The molecule has 0 fully saturated rings. The van der Waals surface area contributed by atoms with Gasteiger partial charge in [-0.25, -0.2) is 0 Å². The third-order valence-electron chi connectivity index (χ3n) is 5.47. The third kappa shape index (κ3) is 2.64. The fourth-order valence-electron chi connectivity index (χ4n) is 3.80. The predicted molar refractivity (Wildman–Crippen MR) is 114 cm³/mol. The number of anilines is 1. The van der Waals surface area contributed by atoms with E-state index in [-0.39, 0.29) is 11.2 Å². The van der Waals surface area contributed by atoms with Crippen molar-refractivity contribution in [2.24, 2.45) is 0 Å². The van der Waals surface area contributed by atoms with Gasteiger partial charge in [-0.2, -0.15) is 0 Å². The topological polar surface area (TPSA) is 85.5 Å². The summed E-state index contributed by atoms with van der Waals surface area (Å²) in [6.07, 6.45) is 0. The Labute approximate surface area is 175 Å². The Hall–Kier alpha value is -3.52. The van der Waals surface area contributed by atoms with E-state index in [1.54, 1.807) is 30.8 Å². The zero-order chi connectivity index (χ0) is 21.0. The number of hydrogen-bond acceptors (Lipinski definition) is 7. The number of nitrogens with zero attached hydrogens (tertiary/aromatic N) is 3. The molecule has 1 amide bonds. The van der Waals surface area contributed by atoms with Gasteiger partial charge in [0.2, 0.25) is 10.9 Å². The molecule has 0 N–H and O–H groups in total. The van der Waals surface area contributed by atoms with Crippen LogP contribution in [-0.4, -0.2) is 23.2 Å². The van der Waals surface area contributed by atoms with Gasteiger partial charge in [-0.3, -0.25) is 14.5 Å². The number of aryl methyl sites for hydroxylation is 2. The summed E-state index contributed by atoms with van der Waals surface area (Å²) in [6.45, 7) is 3.89. The minimum atomic E-state index is -0.659. The van der Waals surface area contributed by atoms with E-state index in [1.165, 1.54) is 16.2 Å². The summed E-state index contributed by atoms with van der Waals surface area (Å²) in [5.41, 5.74) is 4.79. The van der Waals surface area contributed by atoms with Crippen LogP contribution >= 0.6 is 11.3 Å². The van der Waals surface area contributed by atoms with Crippen LogP contribution in [0.5, 0.6) is 5.75 Å². The molecule has 7 nitrogen and oxygen atoms in total. The maximum absolute atomic E-state index is 13.6. The maximum atomic E-state index is 13.6. The molecule has 1 unspecified atom stereocenters. The van der Waals surface area contributed by atoms with Crippen LogP contribution in [0.3, 0.4) is 0 Å². The highest BCUT2D eigenvalue weighted by atomic mass is 32.1. The SMILES string of the molecule is COc1ccc(C2c3c(oc4cc(C)c(C)cc4c3=O)C(=O)N2c2nncs2)cc1. The normalized spacial score (nSPS) is 15.6. The molecule has 8 heteroatoms. The lowest BCUT2D eigenvalue weighted by atomic mass is 9.97. The van der Waals surface area contributed by atoms with Crippen molar-refractivity contribution in [2.45, 2.75) is 19.9 Å². The van der Waals surface area contributed by atoms with Crippen molar-refractivity contribution >= 4 is 33.3 Å². The summed E-state index contributed by atoms with van der Waals surface area (Å²) < 4.78 is 11.2. The fraction of sp³-hybridized carbons (Fsp3) is 0.182. The monoisotopic (exact) mass is 419 g/mol. The zero-order valence-corrected chi connectivity index (χ0v) is 17.3. The molecule has 0 spiro atoms. The summed E-state index contributed by atoms with van der Waals surface area (Å²) >= 11 is 1.23. The Morgan fingerprint density at radius 1 is 1.10 bits per heavy atom. The first kappa shape index (κ1) is 18.5. The van der Waals surface area contributed by atoms with Crippen LogP contribution in [0.1, 0.15) is 38.9 Å². The molecule has 150 valence electrons. The third-order valence-corrected chi connectivity index (χ3v) is 6.16. The number of carbonyl (C=O) groups excluding carboxylic acids is 1. The van der Waals surface area contributed by atoms with Gasteiger partial charge in [0.25, 0.3) is 5.91 Å². The second-order valence-electron chi connectivity index (χ2n) is 7.18. The van der Waals surface area contributed by atoms with Crippen molar-refractivity contribution in [3.63, 3.8) is 0 Å². The van der Waals surface area contributed by atoms with E-state index < -0.39 is 11.9 Å². The summed E-state index contributed by atoms with van der Waals surface area (Å²) in [6, 6.07) is 10.2. The summed E-state index contributed by atoms with van der Waals surface area (Å²) in [5.74, 6) is 0.328. The number of fused-ring (bicyclic) bond motifs is 2. The van der Waals surface area contributed by atoms with Crippen LogP contribution in [0.4, 0.5) is 5.13 Å². The van der Waals surface area contributed by atoms with Crippen molar-refractivity contribution in [3.05, 3.63) is 80.1 Å². The highest BCUT2D eigenvalue weighted by Crippen LogP contribution is 2.42. The van der Waals surface area contributed by atoms with Crippen molar-refractivity contribution in [1.29, 1.82) is 0 Å². The van der Waals surface area contributed by atoms with Crippen LogP contribution in [0.25, 0.3) is 11.0 Å². The number of methoxy groups -OCH3 is 1. The van der Waals surface area contributed by atoms with E-state index in [2.05, 4.69) is 10.2 Å². The standard InChI is InChI=1S/C22H17N3O4S/c1-11-8-15-16(9-12(11)2)29-20-17(19(15)26)18(13-4-6-14(28-3)7-5-13)25(21(20)27)22-24-23-10-30-22/h4-10,18H,1-3H3. The Morgan fingerprint density at radius 3 is 2.50 bits per heavy atom. The molecule has 0 saturated carbocycles. The van der Waals surface area contributed by atoms with Crippen LogP contribution in [0.15, 0.2) is 51.1 Å². The lowest BCUT2D eigenvalue weighted by Gasteiger charge is -2.22. The summed E-state index contributed by atoms with van der Waals surface area (Å²) in [7, 11) is 1.59. The number of rotatable bonds is 3. The first-order valence-electron chi connectivity index (χ1n) is 9.31. The average Bonchev–Trinajstić information content (AvgIpc) is 3.37. The number of benzene rings is 2. The first-order valence-corrected chi connectivity index (χ1v) is 10.2. The molecule has 0 saturated heterocycles. The molecule has 1 aliphatic rings. The van der Waals surface area contributed by atoms with Gasteiger partial charge in [0.05, 0.1) is 24.1 Å². The molecule has 0 bridgehead atoms. The smallest absolute Gasteiger partial charge is 0.297 e. The molecule has 5 rings (SSSR count). The van der Waals surface area contributed by atoms with E-state index in [9.17, 15) is 9.59 Å². The molecule has 0 aliphatic carbocycles. The van der Waals surface area contributed by atoms with E-state index in [1.807, 2.05) is 32.0 Å². The van der Waals surface area contributed by atoms with Crippen molar-refractivity contribution in [3.8, 4) is 5.75 Å². The van der Waals surface area contributed by atoms with Gasteiger partial charge in [0.15, 0.2) is 5.43 Å². The van der Waals surface area contributed by atoms with E-state index in [0.717, 1.165) is 16.7 Å². The molecule has 3 heterocycles. The van der Waals surface area contributed by atoms with Gasteiger partial charge in [-0.15, -0.1) is 10.2 Å². The molecule has 1 aliphatic heterocycles. The van der Waals surface area contributed by atoms with E-state index in [0.29, 0.717) is 27.4 Å². The maximum Gasteiger partial charge on any atom is 0.297 e. The van der Waals surface area contributed by atoms with Crippen LogP contribution < -0.4 is 15.1 Å². The highest BCUT2D eigenvalue weighted by Gasteiger charge is 2.45. The largest absolute Gasteiger partial charge is 0.497 e. The van der Waals surface area contributed by atoms with Gasteiger partial charge in [0, 0.05) is 0 Å². The lowest BCUT2D eigenvalue weighted by molar-refractivity contribution is 0.0970.